The molecular weight excluding hydrogens is 489 g/mol. The van der Waals surface area contributed by atoms with Crippen LogP contribution >= 0.6 is 24.0 Å². The van der Waals surface area contributed by atoms with Crippen molar-refractivity contribution in [3.63, 3.8) is 0 Å². The van der Waals surface area contributed by atoms with Crippen molar-refractivity contribution in [1.82, 2.24) is 20.3 Å². The molecule has 0 saturated carbocycles. The van der Waals surface area contributed by atoms with Crippen LogP contribution < -0.4 is 15.4 Å². The fourth-order valence-corrected chi connectivity index (χ4v) is 4.12. The summed E-state index contributed by atoms with van der Waals surface area (Å²) >= 11 is 0. The summed E-state index contributed by atoms with van der Waals surface area (Å²) < 4.78 is 26.9. The highest BCUT2D eigenvalue weighted by molar-refractivity contribution is 14.0. The monoisotopic (exact) mass is 523 g/mol. The molecule has 3 N–H and O–H groups in total. The number of sulfonamides is 1. The third-order valence-corrected chi connectivity index (χ3v) is 6.28. The maximum Gasteiger partial charge on any atom is 0.240 e. The van der Waals surface area contributed by atoms with E-state index < -0.39 is 10.0 Å². The Morgan fingerprint density at radius 3 is 2.39 bits per heavy atom. The van der Waals surface area contributed by atoms with Crippen molar-refractivity contribution in [3.8, 4) is 0 Å². The second-order valence-electron chi connectivity index (χ2n) is 7.01. The van der Waals surface area contributed by atoms with Crippen LogP contribution in [0.25, 0.3) is 0 Å². The summed E-state index contributed by atoms with van der Waals surface area (Å²) in [5, 5.41) is 6.42. The summed E-state index contributed by atoms with van der Waals surface area (Å²) in [5.74, 6) is 1.56. The molecule has 0 amide bonds. The number of likely N-dealkylation sites (tertiary alicyclic amines) is 1. The Bertz CT molecular complexity index is 677. The van der Waals surface area contributed by atoms with Gasteiger partial charge in [0.05, 0.1) is 4.90 Å². The fraction of sp³-hybridized carbons (Fsp3) is 0.632. The molecule has 0 atom stereocenters. The molecule has 0 radical (unpaired) electrons. The Balaban J connectivity index is 0.00000392. The Morgan fingerprint density at radius 2 is 1.75 bits per heavy atom. The fourth-order valence-electron chi connectivity index (χ4n) is 3.07. The number of piperidine rings is 1. The molecule has 2 rings (SSSR count). The summed E-state index contributed by atoms with van der Waals surface area (Å²) in [6.45, 7) is 7.45. The van der Waals surface area contributed by atoms with Crippen molar-refractivity contribution in [2.24, 2.45) is 10.9 Å². The van der Waals surface area contributed by atoms with Crippen LogP contribution in [0.4, 0.5) is 0 Å². The lowest BCUT2D eigenvalue weighted by Crippen LogP contribution is -2.42. The first-order valence-electron chi connectivity index (χ1n) is 9.73. The molecule has 0 aliphatic carbocycles. The van der Waals surface area contributed by atoms with E-state index in [1.165, 1.54) is 25.9 Å². The number of aliphatic imine (C=N–C) groups is 1. The number of rotatable bonds is 9. The van der Waals surface area contributed by atoms with Crippen molar-refractivity contribution < 1.29 is 8.42 Å². The first kappa shape index (κ1) is 25.1. The smallest absolute Gasteiger partial charge is 0.240 e. The quantitative estimate of drug-likeness (QED) is 0.199. The highest BCUT2D eigenvalue weighted by atomic mass is 127. The first-order valence-corrected chi connectivity index (χ1v) is 11.2. The zero-order valence-corrected chi connectivity index (χ0v) is 20.0. The Hall–Kier alpha value is -0.910. The molecule has 7 nitrogen and oxygen atoms in total. The topological polar surface area (TPSA) is 85.8 Å². The lowest BCUT2D eigenvalue weighted by atomic mass is 9.99. The molecule has 160 valence electrons. The molecule has 1 aliphatic heterocycles. The van der Waals surface area contributed by atoms with E-state index in [2.05, 4.69) is 32.2 Å². The van der Waals surface area contributed by atoms with E-state index in [1.54, 1.807) is 37.4 Å². The zero-order chi connectivity index (χ0) is 19.5. The van der Waals surface area contributed by atoms with Crippen molar-refractivity contribution in [2.45, 2.75) is 31.1 Å². The van der Waals surface area contributed by atoms with Crippen LogP contribution in [0.2, 0.25) is 0 Å². The highest BCUT2D eigenvalue weighted by Gasteiger charge is 2.15. The van der Waals surface area contributed by atoms with Crippen LogP contribution in [0.1, 0.15) is 26.2 Å². The normalized spacial score (nSPS) is 16.4. The molecule has 0 unspecified atom stereocenters. The van der Waals surface area contributed by atoms with Gasteiger partial charge in [-0.25, -0.2) is 13.1 Å². The molecule has 0 bridgehead atoms. The summed E-state index contributed by atoms with van der Waals surface area (Å²) in [5.41, 5.74) is 0. The van der Waals surface area contributed by atoms with Gasteiger partial charge in [-0.3, -0.25) is 4.99 Å². The predicted molar refractivity (Wildman–Crippen MR) is 126 cm³/mol. The lowest BCUT2D eigenvalue weighted by Gasteiger charge is -2.30. The molecule has 1 fully saturated rings. The van der Waals surface area contributed by atoms with E-state index in [0.29, 0.717) is 19.0 Å². The molecular formula is C19H34IN5O2S. The van der Waals surface area contributed by atoms with E-state index in [9.17, 15) is 8.42 Å². The zero-order valence-electron chi connectivity index (χ0n) is 16.9. The second kappa shape index (κ2) is 13.3. The number of hydrogen-bond acceptors (Lipinski definition) is 4. The van der Waals surface area contributed by atoms with Crippen molar-refractivity contribution in [1.29, 1.82) is 0 Å². The predicted octanol–water partition coefficient (Wildman–Crippen LogP) is 1.87. The van der Waals surface area contributed by atoms with Gasteiger partial charge in [0.1, 0.15) is 0 Å². The van der Waals surface area contributed by atoms with E-state index in [1.807, 2.05) is 0 Å². The number of halogens is 1. The minimum Gasteiger partial charge on any atom is -0.356 e. The van der Waals surface area contributed by atoms with Gasteiger partial charge in [0.25, 0.3) is 0 Å². The van der Waals surface area contributed by atoms with Crippen molar-refractivity contribution in [3.05, 3.63) is 30.3 Å². The largest absolute Gasteiger partial charge is 0.356 e. The van der Waals surface area contributed by atoms with E-state index in [-0.39, 0.29) is 28.9 Å². The molecule has 1 saturated heterocycles. The van der Waals surface area contributed by atoms with Gasteiger partial charge in [-0.05, 0) is 56.9 Å². The summed E-state index contributed by atoms with van der Waals surface area (Å²) in [6, 6.07) is 8.38. The van der Waals surface area contributed by atoms with Gasteiger partial charge in [-0.15, -0.1) is 24.0 Å². The first-order chi connectivity index (χ1) is 13.0. The van der Waals surface area contributed by atoms with Gasteiger partial charge < -0.3 is 15.5 Å². The average molecular weight is 523 g/mol. The second-order valence-corrected chi connectivity index (χ2v) is 8.78. The van der Waals surface area contributed by atoms with Crippen molar-refractivity contribution >= 4 is 40.0 Å². The van der Waals surface area contributed by atoms with Crippen LogP contribution in [0.3, 0.4) is 0 Å². The number of guanidine groups is 1. The van der Waals surface area contributed by atoms with Gasteiger partial charge in [-0.1, -0.05) is 25.1 Å². The van der Waals surface area contributed by atoms with Gasteiger partial charge in [0.15, 0.2) is 5.96 Å². The standard InChI is InChI=1S/C19H33N5O2S.HI/c1-17-9-15-24(16-10-17)14-6-11-21-19(20-2)22-12-13-23-27(25,26)18-7-4-3-5-8-18;/h3-5,7-8,17,23H,6,9-16H2,1-2H3,(H2,20,21,22);1H. The number of nitrogens with zero attached hydrogens (tertiary/aromatic N) is 2. The van der Waals surface area contributed by atoms with Crippen LogP contribution in [0.15, 0.2) is 40.2 Å². The lowest BCUT2D eigenvalue weighted by molar-refractivity contribution is 0.191. The number of hydrogen-bond donors (Lipinski definition) is 3. The molecule has 1 aliphatic rings. The third kappa shape index (κ3) is 9.06. The molecule has 9 heteroatoms. The summed E-state index contributed by atoms with van der Waals surface area (Å²) in [7, 11) is -1.74. The van der Waals surface area contributed by atoms with Gasteiger partial charge in [-0.2, -0.15) is 0 Å². The maximum atomic E-state index is 12.1. The van der Waals surface area contributed by atoms with E-state index >= 15 is 0 Å². The third-order valence-electron chi connectivity index (χ3n) is 4.81. The van der Waals surface area contributed by atoms with E-state index in [4.69, 9.17) is 0 Å². The van der Waals surface area contributed by atoms with Gasteiger partial charge >= 0.3 is 0 Å². The molecule has 1 aromatic carbocycles. The van der Waals surface area contributed by atoms with Gasteiger partial charge in [0, 0.05) is 26.7 Å². The van der Waals surface area contributed by atoms with Crippen LogP contribution in [-0.2, 0) is 10.0 Å². The summed E-state index contributed by atoms with van der Waals surface area (Å²) in [6.07, 6.45) is 3.67. The van der Waals surface area contributed by atoms with Crippen molar-refractivity contribution in [2.75, 3.05) is 46.3 Å². The average Bonchev–Trinajstić information content (AvgIpc) is 2.69. The minimum atomic E-state index is -3.46. The number of benzene rings is 1. The maximum absolute atomic E-state index is 12.1. The SMILES string of the molecule is CN=C(NCCCN1CCC(C)CC1)NCCNS(=O)(=O)c1ccccc1.I. The van der Waals surface area contributed by atoms with E-state index in [0.717, 1.165) is 25.4 Å². The van der Waals surface area contributed by atoms with Crippen LogP contribution in [0, 0.1) is 5.92 Å². The highest BCUT2D eigenvalue weighted by Crippen LogP contribution is 2.15. The molecule has 28 heavy (non-hydrogen) atoms. The minimum absolute atomic E-state index is 0. The van der Waals surface area contributed by atoms with Gasteiger partial charge in [0.2, 0.25) is 10.0 Å². The molecule has 0 spiro atoms. The Morgan fingerprint density at radius 1 is 1.11 bits per heavy atom. The number of nitrogens with one attached hydrogen (secondary N) is 3. The summed E-state index contributed by atoms with van der Waals surface area (Å²) in [4.78, 5) is 6.98. The Labute approximate surface area is 186 Å². The molecule has 1 aromatic rings. The molecule has 1 heterocycles. The van der Waals surface area contributed by atoms with Crippen LogP contribution in [0.5, 0.6) is 0 Å². The van der Waals surface area contributed by atoms with Crippen LogP contribution in [-0.4, -0.2) is 65.6 Å². The Kier molecular flexibility index (Phi) is 12.0. The molecule has 0 aromatic heterocycles.